The zero-order valence-corrected chi connectivity index (χ0v) is 10.6. The number of benzene rings is 1. The third kappa shape index (κ3) is 3.52. The number of rotatable bonds is 4. The van der Waals surface area contributed by atoms with Gasteiger partial charge in [0.25, 0.3) is 5.69 Å². The van der Waals surface area contributed by atoms with E-state index in [4.69, 9.17) is 16.6 Å². The molecule has 0 aliphatic heterocycles. The summed E-state index contributed by atoms with van der Waals surface area (Å²) in [6, 6.07) is 9.89. The van der Waals surface area contributed by atoms with E-state index >= 15 is 0 Å². The van der Waals surface area contributed by atoms with E-state index in [0.29, 0.717) is 17.3 Å². The van der Waals surface area contributed by atoms with Gasteiger partial charge in [0, 0.05) is 6.07 Å². The first-order valence-corrected chi connectivity index (χ1v) is 5.88. The van der Waals surface area contributed by atoms with Crippen molar-refractivity contribution in [1.29, 1.82) is 0 Å². The molecule has 0 unspecified atom stereocenters. The predicted octanol–water partition coefficient (Wildman–Crippen LogP) is 2.67. The van der Waals surface area contributed by atoms with Gasteiger partial charge in [-0.05, 0) is 30.4 Å². The molecule has 7 heteroatoms. The van der Waals surface area contributed by atoms with Crippen LogP contribution in [-0.2, 0) is 6.54 Å². The van der Waals surface area contributed by atoms with Crippen molar-refractivity contribution >= 4 is 28.7 Å². The van der Waals surface area contributed by atoms with Crippen LogP contribution in [0.15, 0.2) is 47.1 Å². The van der Waals surface area contributed by atoms with Gasteiger partial charge >= 0.3 is 0 Å². The zero-order chi connectivity index (χ0) is 13.7. The number of para-hydroxylation sites is 2. The number of nitro benzene ring substituents is 1. The third-order valence-electron chi connectivity index (χ3n) is 2.35. The van der Waals surface area contributed by atoms with E-state index in [1.54, 1.807) is 36.6 Å². The highest BCUT2D eigenvalue weighted by atomic mass is 32.1. The van der Waals surface area contributed by atoms with E-state index in [-0.39, 0.29) is 5.69 Å². The Balaban J connectivity index is 1.97. The van der Waals surface area contributed by atoms with E-state index < -0.39 is 4.92 Å². The molecule has 1 aromatic heterocycles. The predicted molar refractivity (Wildman–Crippen MR) is 74.9 cm³/mol. The van der Waals surface area contributed by atoms with Crippen LogP contribution in [0.25, 0.3) is 0 Å². The lowest BCUT2D eigenvalue weighted by molar-refractivity contribution is -0.383. The number of thiocarbonyl (C=S) groups is 1. The van der Waals surface area contributed by atoms with Gasteiger partial charge < -0.3 is 15.1 Å². The molecule has 0 saturated heterocycles. The molecule has 2 N–H and O–H groups in total. The quantitative estimate of drug-likeness (QED) is 0.508. The number of nitro groups is 1. The van der Waals surface area contributed by atoms with Crippen molar-refractivity contribution in [3.05, 3.63) is 58.5 Å². The summed E-state index contributed by atoms with van der Waals surface area (Å²) in [6.07, 6.45) is 1.57. The van der Waals surface area contributed by atoms with E-state index in [0.717, 1.165) is 5.76 Å². The first kappa shape index (κ1) is 13.0. The molecule has 0 saturated carbocycles. The van der Waals surface area contributed by atoms with Gasteiger partial charge in [0.2, 0.25) is 0 Å². The molecule has 0 aliphatic carbocycles. The molecule has 1 aromatic carbocycles. The lowest BCUT2D eigenvalue weighted by Crippen LogP contribution is -2.28. The average Bonchev–Trinajstić information content (AvgIpc) is 2.90. The Morgan fingerprint density at radius 3 is 2.79 bits per heavy atom. The van der Waals surface area contributed by atoms with Crippen molar-refractivity contribution in [2.24, 2.45) is 0 Å². The second-order valence-electron chi connectivity index (χ2n) is 3.66. The summed E-state index contributed by atoms with van der Waals surface area (Å²) < 4.78 is 5.14. The molecular weight excluding hydrogens is 266 g/mol. The lowest BCUT2D eigenvalue weighted by Gasteiger charge is -2.09. The van der Waals surface area contributed by atoms with Crippen molar-refractivity contribution in [2.45, 2.75) is 6.54 Å². The minimum atomic E-state index is -0.461. The molecule has 6 nitrogen and oxygen atoms in total. The number of nitrogens with zero attached hydrogens (tertiary/aromatic N) is 1. The lowest BCUT2D eigenvalue weighted by atomic mass is 10.3. The van der Waals surface area contributed by atoms with Crippen molar-refractivity contribution in [3.63, 3.8) is 0 Å². The normalized spacial score (nSPS) is 9.89. The first-order valence-electron chi connectivity index (χ1n) is 5.47. The molecule has 0 radical (unpaired) electrons. The smallest absolute Gasteiger partial charge is 0.292 e. The van der Waals surface area contributed by atoms with Gasteiger partial charge in [-0.15, -0.1) is 0 Å². The van der Waals surface area contributed by atoms with Crippen molar-refractivity contribution in [1.82, 2.24) is 5.32 Å². The van der Waals surface area contributed by atoms with Crippen molar-refractivity contribution in [2.75, 3.05) is 5.32 Å². The average molecular weight is 277 g/mol. The maximum atomic E-state index is 10.8. The Hall–Kier alpha value is -2.41. The number of hydrogen-bond acceptors (Lipinski definition) is 4. The van der Waals surface area contributed by atoms with Crippen LogP contribution in [0.2, 0.25) is 0 Å². The fraction of sp³-hybridized carbons (Fsp3) is 0.0833. The summed E-state index contributed by atoms with van der Waals surface area (Å²) in [5, 5.41) is 16.8. The number of anilines is 1. The molecule has 1 heterocycles. The Morgan fingerprint density at radius 2 is 2.11 bits per heavy atom. The Morgan fingerprint density at radius 1 is 1.32 bits per heavy atom. The second-order valence-corrected chi connectivity index (χ2v) is 4.07. The molecule has 0 spiro atoms. The summed E-state index contributed by atoms with van der Waals surface area (Å²) in [4.78, 5) is 10.4. The van der Waals surface area contributed by atoms with Gasteiger partial charge in [-0.25, -0.2) is 0 Å². The standard InChI is InChI=1S/C12H11N3O3S/c16-15(17)11-6-2-1-5-10(11)14-12(19)13-8-9-4-3-7-18-9/h1-7H,8H2,(H2,13,14,19). The van der Waals surface area contributed by atoms with Crippen LogP contribution in [0.3, 0.4) is 0 Å². The van der Waals surface area contributed by atoms with Gasteiger partial charge in [0.05, 0.1) is 17.7 Å². The molecule has 0 amide bonds. The molecule has 0 aliphatic rings. The third-order valence-corrected chi connectivity index (χ3v) is 2.60. The van der Waals surface area contributed by atoms with Crippen LogP contribution in [0, 0.1) is 10.1 Å². The van der Waals surface area contributed by atoms with E-state index in [1.807, 2.05) is 0 Å². The van der Waals surface area contributed by atoms with E-state index in [1.165, 1.54) is 6.07 Å². The summed E-state index contributed by atoms with van der Waals surface area (Å²) in [5.41, 5.74) is 0.328. The fourth-order valence-corrected chi connectivity index (χ4v) is 1.67. The van der Waals surface area contributed by atoms with E-state index in [9.17, 15) is 10.1 Å². The van der Waals surface area contributed by atoms with Gasteiger partial charge in [-0.1, -0.05) is 12.1 Å². The number of furan rings is 1. The highest BCUT2D eigenvalue weighted by molar-refractivity contribution is 7.80. The molecule has 0 atom stereocenters. The Labute approximate surface area is 114 Å². The monoisotopic (exact) mass is 277 g/mol. The van der Waals surface area contributed by atoms with Crippen LogP contribution < -0.4 is 10.6 Å². The molecule has 19 heavy (non-hydrogen) atoms. The SMILES string of the molecule is O=[N+]([O-])c1ccccc1NC(=S)NCc1ccco1. The minimum absolute atomic E-state index is 0.0235. The van der Waals surface area contributed by atoms with Gasteiger partial charge in [0.1, 0.15) is 11.4 Å². The van der Waals surface area contributed by atoms with Gasteiger partial charge in [-0.3, -0.25) is 10.1 Å². The zero-order valence-electron chi connectivity index (χ0n) is 9.83. The number of hydrogen-bond donors (Lipinski definition) is 2. The van der Waals surface area contributed by atoms with Gasteiger partial charge in [0.15, 0.2) is 5.11 Å². The molecule has 98 valence electrons. The summed E-state index contributed by atoms with van der Waals surface area (Å²) >= 11 is 5.07. The summed E-state index contributed by atoms with van der Waals surface area (Å²) in [7, 11) is 0. The molecule has 0 fully saturated rings. The molecule has 2 aromatic rings. The minimum Gasteiger partial charge on any atom is -0.467 e. The molecule has 2 rings (SSSR count). The maximum absolute atomic E-state index is 10.8. The Bertz CT molecular complexity index is 584. The van der Waals surface area contributed by atoms with Crippen molar-refractivity contribution < 1.29 is 9.34 Å². The summed E-state index contributed by atoms with van der Waals surface area (Å²) in [6.45, 7) is 0.416. The van der Waals surface area contributed by atoms with E-state index in [2.05, 4.69) is 10.6 Å². The van der Waals surface area contributed by atoms with Crippen LogP contribution >= 0.6 is 12.2 Å². The highest BCUT2D eigenvalue weighted by Crippen LogP contribution is 2.22. The van der Waals surface area contributed by atoms with Crippen LogP contribution in [0.5, 0.6) is 0 Å². The largest absolute Gasteiger partial charge is 0.467 e. The topological polar surface area (TPSA) is 80.3 Å². The van der Waals surface area contributed by atoms with Crippen LogP contribution in [-0.4, -0.2) is 10.0 Å². The maximum Gasteiger partial charge on any atom is 0.292 e. The van der Waals surface area contributed by atoms with Crippen molar-refractivity contribution in [3.8, 4) is 0 Å². The van der Waals surface area contributed by atoms with Gasteiger partial charge in [-0.2, -0.15) is 0 Å². The fourth-order valence-electron chi connectivity index (χ4n) is 1.49. The molecular formula is C12H11N3O3S. The molecule has 0 bridgehead atoms. The summed E-state index contributed by atoms with van der Waals surface area (Å²) in [5.74, 6) is 0.728. The van der Waals surface area contributed by atoms with Crippen LogP contribution in [0.4, 0.5) is 11.4 Å². The number of nitrogens with one attached hydrogen (secondary N) is 2. The first-order chi connectivity index (χ1) is 9.16. The highest BCUT2D eigenvalue weighted by Gasteiger charge is 2.12. The second kappa shape index (κ2) is 5.96. The van der Waals surface area contributed by atoms with Crippen LogP contribution in [0.1, 0.15) is 5.76 Å². The Kier molecular flexibility index (Phi) is 4.09.